The van der Waals surface area contributed by atoms with Crippen LogP contribution in [0.25, 0.3) is 0 Å². The number of nitrogens with two attached hydrogens (primary N) is 1. The lowest BCUT2D eigenvalue weighted by atomic mass is 9.96. The summed E-state index contributed by atoms with van der Waals surface area (Å²) >= 11 is 1.46. The number of piperazine rings is 1. The van der Waals surface area contributed by atoms with E-state index >= 15 is 0 Å². The van der Waals surface area contributed by atoms with Crippen molar-refractivity contribution in [1.29, 1.82) is 0 Å². The van der Waals surface area contributed by atoms with E-state index in [1.807, 2.05) is 0 Å². The van der Waals surface area contributed by atoms with E-state index in [-0.39, 0.29) is 11.3 Å². The molecule has 0 saturated carbocycles. The van der Waals surface area contributed by atoms with Crippen LogP contribution in [0.15, 0.2) is 5.16 Å². The summed E-state index contributed by atoms with van der Waals surface area (Å²) in [5, 5.41) is 12.6. The molecule has 0 atom stereocenters. The summed E-state index contributed by atoms with van der Waals surface area (Å²) in [6.07, 6.45) is 0. The van der Waals surface area contributed by atoms with Crippen molar-refractivity contribution >= 4 is 22.5 Å². The molecule has 0 aliphatic carbocycles. The molecule has 3 N–H and O–H groups in total. The molecular formula is C12H22N6OS. The number of anilines is 1. The third kappa shape index (κ3) is 3.57. The van der Waals surface area contributed by atoms with Gasteiger partial charge in [0.2, 0.25) is 5.13 Å². The van der Waals surface area contributed by atoms with Crippen LogP contribution in [-0.2, 0) is 5.41 Å². The fourth-order valence-electron chi connectivity index (χ4n) is 2.01. The fourth-order valence-corrected chi connectivity index (χ4v) is 2.91. The quantitative estimate of drug-likeness (QED) is 0.369. The molecule has 0 unspecified atom stereocenters. The number of nitrogens with zero attached hydrogens (tertiary/aromatic N) is 5. The summed E-state index contributed by atoms with van der Waals surface area (Å²) in [5.74, 6) is 1.15. The Labute approximate surface area is 123 Å². The Morgan fingerprint density at radius 1 is 1.35 bits per heavy atom. The van der Waals surface area contributed by atoms with Gasteiger partial charge in [-0.1, -0.05) is 25.9 Å². The molecule has 112 valence electrons. The second-order valence-corrected chi connectivity index (χ2v) is 6.74. The number of rotatable bonds is 3. The van der Waals surface area contributed by atoms with Crippen molar-refractivity contribution in [3.63, 3.8) is 0 Å². The second-order valence-electron chi connectivity index (χ2n) is 6.01. The minimum Gasteiger partial charge on any atom is -0.409 e. The zero-order chi connectivity index (χ0) is 14.8. The monoisotopic (exact) mass is 298 g/mol. The van der Waals surface area contributed by atoms with E-state index in [9.17, 15) is 0 Å². The van der Waals surface area contributed by atoms with E-state index < -0.39 is 0 Å². The van der Waals surface area contributed by atoms with E-state index in [1.54, 1.807) is 0 Å². The molecule has 1 saturated heterocycles. The van der Waals surface area contributed by atoms with Crippen molar-refractivity contribution in [2.45, 2.75) is 26.2 Å². The molecule has 1 aliphatic heterocycles. The van der Waals surface area contributed by atoms with Gasteiger partial charge in [0.25, 0.3) is 0 Å². The summed E-state index contributed by atoms with van der Waals surface area (Å²) in [4.78, 5) is 9.04. The van der Waals surface area contributed by atoms with Gasteiger partial charge in [0, 0.05) is 43.1 Å². The molecular weight excluding hydrogens is 276 g/mol. The lowest BCUT2D eigenvalue weighted by molar-refractivity contribution is 0.278. The van der Waals surface area contributed by atoms with Crippen molar-refractivity contribution in [2.75, 3.05) is 37.6 Å². The van der Waals surface area contributed by atoms with E-state index in [0.717, 1.165) is 37.1 Å². The summed E-state index contributed by atoms with van der Waals surface area (Å²) in [7, 11) is 0. The highest BCUT2D eigenvalue weighted by Crippen LogP contribution is 2.25. The van der Waals surface area contributed by atoms with Crippen molar-refractivity contribution in [1.82, 2.24) is 14.3 Å². The Kier molecular flexibility index (Phi) is 4.44. The van der Waals surface area contributed by atoms with Crippen LogP contribution in [0.3, 0.4) is 0 Å². The molecule has 1 aromatic heterocycles. The summed E-state index contributed by atoms with van der Waals surface area (Å²) in [6.45, 7) is 10.4. The minimum atomic E-state index is -0.0113. The first-order valence-corrected chi connectivity index (χ1v) is 7.45. The van der Waals surface area contributed by atoms with Crippen LogP contribution in [0.2, 0.25) is 0 Å². The molecule has 0 radical (unpaired) electrons. The molecule has 1 aliphatic rings. The molecule has 0 aromatic carbocycles. The third-order valence-corrected chi connectivity index (χ3v) is 4.02. The average molecular weight is 298 g/mol. The largest absolute Gasteiger partial charge is 0.409 e. The van der Waals surface area contributed by atoms with Crippen LogP contribution in [-0.4, -0.2) is 58.0 Å². The summed E-state index contributed by atoms with van der Waals surface area (Å²) in [5.41, 5.74) is 5.51. The maximum absolute atomic E-state index is 8.58. The first-order chi connectivity index (χ1) is 9.40. The number of hydrogen-bond acceptors (Lipinski definition) is 7. The smallest absolute Gasteiger partial charge is 0.205 e. The zero-order valence-corrected chi connectivity index (χ0v) is 13.0. The van der Waals surface area contributed by atoms with Crippen LogP contribution < -0.4 is 10.6 Å². The minimum absolute atomic E-state index is 0.0113. The predicted molar refractivity (Wildman–Crippen MR) is 80.7 cm³/mol. The number of amidine groups is 1. The molecule has 8 heteroatoms. The molecule has 0 amide bonds. The molecule has 0 spiro atoms. The molecule has 2 rings (SSSR count). The Balaban J connectivity index is 1.92. The SMILES string of the molecule is CC(C)(C)c1nsc(N2CCN(CC(N)=NO)CC2)n1. The predicted octanol–water partition coefficient (Wildman–Crippen LogP) is 0.704. The van der Waals surface area contributed by atoms with Gasteiger partial charge in [0.05, 0.1) is 6.54 Å². The van der Waals surface area contributed by atoms with Crippen LogP contribution in [0.1, 0.15) is 26.6 Å². The first kappa shape index (κ1) is 15.0. The molecule has 1 aromatic rings. The van der Waals surface area contributed by atoms with Crippen LogP contribution >= 0.6 is 11.5 Å². The molecule has 7 nitrogen and oxygen atoms in total. The highest BCUT2D eigenvalue weighted by molar-refractivity contribution is 7.09. The Bertz CT molecular complexity index is 473. The van der Waals surface area contributed by atoms with Gasteiger partial charge in [-0.15, -0.1) is 0 Å². The lowest BCUT2D eigenvalue weighted by Gasteiger charge is -2.33. The number of aromatic nitrogens is 2. The van der Waals surface area contributed by atoms with Crippen molar-refractivity contribution in [3.05, 3.63) is 5.82 Å². The Morgan fingerprint density at radius 3 is 2.50 bits per heavy atom. The van der Waals surface area contributed by atoms with Gasteiger partial charge in [-0.3, -0.25) is 4.90 Å². The molecule has 2 heterocycles. The van der Waals surface area contributed by atoms with Crippen LogP contribution in [0.4, 0.5) is 5.13 Å². The zero-order valence-electron chi connectivity index (χ0n) is 12.2. The normalized spacial score (nSPS) is 18.6. The number of oxime groups is 1. The van der Waals surface area contributed by atoms with Gasteiger partial charge in [0.15, 0.2) is 5.84 Å². The van der Waals surface area contributed by atoms with Gasteiger partial charge in [-0.25, -0.2) is 4.98 Å². The Morgan fingerprint density at radius 2 is 2.00 bits per heavy atom. The highest BCUT2D eigenvalue weighted by Gasteiger charge is 2.24. The van der Waals surface area contributed by atoms with Crippen LogP contribution in [0, 0.1) is 0 Å². The number of hydrogen-bond donors (Lipinski definition) is 2. The van der Waals surface area contributed by atoms with Gasteiger partial charge in [0.1, 0.15) is 5.82 Å². The molecule has 20 heavy (non-hydrogen) atoms. The fraction of sp³-hybridized carbons (Fsp3) is 0.750. The van der Waals surface area contributed by atoms with Crippen molar-refractivity contribution in [2.24, 2.45) is 10.9 Å². The topological polar surface area (TPSA) is 90.9 Å². The van der Waals surface area contributed by atoms with E-state index in [1.165, 1.54) is 11.5 Å². The standard InChI is InChI=1S/C12H22N6OS/c1-12(2,3)10-14-11(20-16-10)18-6-4-17(5-7-18)8-9(13)15-19/h19H,4-8H2,1-3H3,(H2,13,15). The van der Waals surface area contributed by atoms with Gasteiger partial charge in [-0.05, 0) is 0 Å². The van der Waals surface area contributed by atoms with Gasteiger partial charge < -0.3 is 15.8 Å². The second kappa shape index (κ2) is 5.92. The maximum Gasteiger partial charge on any atom is 0.205 e. The molecule has 0 bridgehead atoms. The average Bonchev–Trinajstić information content (AvgIpc) is 2.89. The maximum atomic E-state index is 8.58. The van der Waals surface area contributed by atoms with E-state index in [0.29, 0.717) is 6.54 Å². The van der Waals surface area contributed by atoms with Crippen molar-refractivity contribution < 1.29 is 5.21 Å². The molecule has 1 fully saturated rings. The van der Waals surface area contributed by atoms with E-state index in [2.05, 4.69) is 45.1 Å². The van der Waals surface area contributed by atoms with Crippen molar-refractivity contribution in [3.8, 4) is 0 Å². The third-order valence-electron chi connectivity index (χ3n) is 3.24. The lowest BCUT2D eigenvalue weighted by Crippen LogP contribution is -2.49. The van der Waals surface area contributed by atoms with Crippen LogP contribution in [0.5, 0.6) is 0 Å². The summed E-state index contributed by atoms with van der Waals surface area (Å²) in [6, 6.07) is 0. The van der Waals surface area contributed by atoms with Gasteiger partial charge in [-0.2, -0.15) is 4.37 Å². The summed E-state index contributed by atoms with van der Waals surface area (Å²) < 4.78 is 4.45. The highest BCUT2D eigenvalue weighted by atomic mass is 32.1. The van der Waals surface area contributed by atoms with Gasteiger partial charge >= 0.3 is 0 Å². The van der Waals surface area contributed by atoms with E-state index in [4.69, 9.17) is 10.9 Å². The first-order valence-electron chi connectivity index (χ1n) is 6.68. The Hall–Kier alpha value is -1.41.